The summed E-state index contributed by atoms with van der Waals surface area (Å²) < 4.78 is 0. The van der Waals surface area contributed by atoms with Gasteiger partial charge >= 0.3 is 0 Å². The molecule has 0 atom stereocenters. The quantitative estimate of drug-likeness (QED) is 0.202. The monoisotopic (exact) mass is 552 g/mol. The first-order chi connectivity index (χ1) is 21.3. The first-order valence-electron chi connectivity index (χ1n) is 16.4. The number of rotatable bonds is 2. The van der Waals surface area contributed by atoms with Crippen LogP contribution in [0.1, 0.15) is 43.2 Å². The Balaban J connectivity index is 1.30. The topological polar surface area (TPSA) is 6.48 Å². The predicted molar refractivity (Wildman–Crippen MR) is 178 cm³/mol. The van der Waals surface area contributed by atoms with Crippen LogP contribution in [0.4, 0.5) is 34.1 Å². The highest BCUT2D eigenvalue weighted by Crippen LogP contribution is 2.66. The van der Waals surface area contributed by atoms with Crippen LogP contribution in [0.5, 0.6) is 0 Å². The molecular formula is C40H33BN2. The minimum absolute atomic E-state index is 0.106. The van der Waals surface area contributed by atoms with E-state index < -0.39 is 0 Å². The molecule has 3 heteroatoms. The van der Waals surface area contributed by atoms with E-state index in [4.69, 9.17) is 0 Å². The summed E-state index contributed by atoms with van der Waals surface area (Å²) >= 11 is 0. The molecule has 0 amide bonds. The third-order valence-corrected chi connectivity index (χ3v) is 12.4. The molecule has 12 rings (SSSR count). The highest BCUT2D eigenvalue weighted by Gasteiger charge is 2.63. The van der Waals surface area contributed by atoms with Crippen LogP contribution in [0, 0.1) is 23.7 Å². The molecule has 3 heterocycles. The van der Waals surface area contributed by atoms with Crippen LogP contribution >= 0.6 is 0 Å². The van der Waals surface area contributed by atoms with Gasteiger partial charge in [-0.3, -0.25) is 0 Å². The Bertz CT molecular complexity index is 1820. The highest BCUT2D eigenvalue weighted by molar-refractivity contribution is 7.01. The van der Waals surface area contributed by atoms with Gasteiger partial charge in [-0.1, -0.05) is 66.7 Å². The molecule has 0 saturated heterocycles. The van der Waals surface area contributed by atoms with Gasteiger partial charge in [0.05, 0.1) is 0 Å². The first kappa shape index (κ1) is 23.2. The van der Waals surface area contributed by atoms with Crippen molar-refractivity contribution >= 4 is 57.2 Å². The van der Waals surface area contributed by atoms with Crippen molar-refractivity contribution < 1.29 is 0 Å². The zero-order chi connectivity index (χ0) is 27.9. The maximum absolute atomic E-state index is 2.58. The van der Waals surface area contributed by atoms with E-state index >= 15 is 0 Å². The van der Waals surface area contributed by atoms with Crippen LogP contribution in [0.3, 0.4) is 0 Å². The maximum atomic E-state index is 2.58. The number of nitrogens with zero attached hydrogens (tertiary/aromatic N) is 2. The van der Waals surface area contributed by atoms with E-state index in [1.54, 1.807) is 22.1 Å². The van der Waals surface area contributed by atoms with Crippen LogP contribution in [-0.2, 0) is 5.41 Å². The molecule has 206 valence electrons. The Morgan fingerprint density at radius 1 is 0.442 bits per heavy atom. The number of benzene rings is 5. The van der Waals surface area contributed by atoms with E-state index in [-0.39, 0.29) is 12.1 Å². The van der Waals surface area contributed by atoms with E-state index in [2.05, 4.69) is 125 Å². The van der Waals surface area contributed by atoms with Gasteiger partial charge in [-0.15, -0.1) is 0 Å². The molecule has 4 saturated carbocycles. The van der Waals surface area contributed by atoms with Crippen molar-refractivity contribution in [3.05, 3.63) is 126 Å². The Morgan fingerprint density at radius 2 is 0.860 bits per heavy atom. The van der Waals surface area contributed by atoms with Gasteiger partial charge in [-0.25, -0.2) is 0 Å². The third-order valence-electron chi connectivity index (χ3n) is 12.4. The van der Waals surface area contributed by atoms with Crippen LogP contribution in [0.15, 0.2) is 115 Å². The first-order valence-corrected chi connectivity index (χ1v) is 16.4. The normalized spacial score (nSPS) is 25.7. The summed E-state index contributed by atoms with van der Waals surface area (Å²) in [5, 5.41) is 0. The number of anilines is 6. The molecule has 43 heavy (non-hydrogen) atoms. The van der Waals surface area contributed by atoms with Gasteiger partial charge in [0.25, 0.3) is 6.71 Å². The molecule has 0 radical (unpaired) electrons. The van der Waals surface area contributed by atoms with E-state index in [0.29, 0.717) is 0 Å². The lowest BCUT2D eigenvalue weighted by Crippen LogP contribution is -2.71. The lowest BCUT2D eigenvalue weighted by atomic mass is 9.25. The summed E-state index contributed by atoms with van der Waals surface area (Å²) in [5.74, 6) is 3.33. The molecule has 0 aromatic heterocycles. The van der Waals surface area contributed by atoms with Crippen molar-refractivity contribution in [3.63, 3.8) is 0 Å². The fourth-order valence-electron chi connectivity index (χ4n) is 11.4. The SMILES string of the molecule is c1ccc(N2c3cccc4c3B3c5c2cccc5C2(c5cccc(c53)N4c3ccccc3)C3CC4CC(C3)CC2C4)cc1. The zero-order valence-electron chi connectivity index (χ0n) is 24.3. The van der Waals surface area contributed by atoms with Crippen molar-refractivity contribution in [2.45, 2.75) is 37.5 Å². The van der Waals surface area contributed by atoms with E-state index in [9.17, 15) is 0 Å². The zero-order valence-corrected chi connectivity index (χ0v) is 24.3. The molecule has 2 nitrogen and oxygen atoms in total. The minimum Gasteiger partial charge on any atom is -0.311 e. The van der Waals surface area contributed by atoms with Crippen molar-refractivity contribution in [3.8, 4) is 0 Å². The summed E-state index contributed by atoms with van der Waals surface area (Å²) in [5.41, 5.74) is 16.0. The average molecular weight is 553 g/mol. The van der Waals surface area contributed by atoms with Crippen molar-refractivity contribution in [2.24, 2.45) is 23.7 Å². The van der Waals surface area contributed by atoms with Crippen molar-refractivity contribution in [1.82, 2.24) is 0 Å². The fourth-order valence-corrected chi connectivity index (χ4v) is 11.4. The van der Waals surface area contributed by atoms with Crippen LogP contribution < -0.4 is 26.2 Å². The smallest absolute Gasteiger partial charge is 0.252 e. The lowest BCUT2D eigenvalue weighted by Gasteiger charge is -2.65. The van der Waals surface area contributed by atoms with E-state index in [0.717, 1.165) is 23.7 Å². The number of hydrogen-bond donors (Lipinski definition) is 0. The second-order valence-electron chi connectivity index (χ2n) is 14.1. The molecule has 5 aromatic rings. The van der Waals surface area contributed by atoms with Gasteiger partial charge in [-0.2, -0.15) is 0 Å². The summed E-state index contributed by atoms with van der Waals surface area (Å²) in [6, 6.07) is 43.9. The average Bonchev–Trinajstić information content (AvgIpc) is 3.05. The molecule has 7 aliphatic rings. The summed E-state index contributed by atoms with van der Waals surface area (Å²) in [6.07, 6.45) is 7.08. The second-order valence-corrected chi connectivity index (χ2v) is 14.1. The van der Waals surface area contributed by atoms with Gasteiger partial charge in [0.15, 0.2) is 0 Å². The third kappa shape index (κ3) is 2.70. The lowest BCUT2D eigenvalue weighted by molar-refractivity contribution is -0.0412. The summed E-state index contributed by atoms with van der Waals surface area (Å²) in [6.45, 7) is 0.256. The van der Waals surface area contributed by atoms with Gasteiger partial charge < -0.3 is 9.80 Å². The van der Waals surface area contributed by atoms with Gasteiger partial charge in [-0.05, 0) is 132 Å². The van der Waals surface area contributed by atoms with Gasteiger partial charge in [0.2, 0.25) is 0 Å². The molecular weight excluding hydrogens is 519 g/mol. The Kier molecular flexibility index (Phi) is 4.34. The summed E-state index contributed by atoms with van der Waals surface area (Å²) in [7, 11) is 0. The van der Waals surface area contributed by atoms with Crippen LogP contribution in [0.25, 0.3) is 0 Å². The predicted octanol–water partition coefficient (Wildman–Crippen LogP) is 7.82. The molecule has 4 aliphatic carbocycles. The van der Waals surface area contributed by atoms with E-state index in [1.165, 1.54) is 71.7 Å². The maximum Gasteiger partial charge on any atom is 0.252 e. The van der Waals surface area contributed by atoms with Gasteiger partial charge in [0.1, 0.15) is 0 Å². The number of hydrogen-bond acceptors (Lipinski definition) is 2. The van der Waals surface area contributed by atoms with Crippen LogP contribution in [-0.4, -0.2) is 6.71 Å². The fraction of sp³-hybridized carbons (Fsp3) is 0.250. The molecule has 0 unspecified atom stereocenters. The Labute approximate surface area is 254 Å². The molecule has 0 N–H and O–H groups in total. The summed E-state index contributed by atoms with van der Waals surface area (Å²) in [4.78, 5) is 5.17. The molecule has 1 spiro atoms. The minimum atomic E-state index is 0.106. The van der Waals surface area contributed by atoms with E-state index in [1.807, 2.05) is 0 Å². The van der Waals surface area contributed by atoms with Crippen molar-refractivity contribution in [1.29, 1.82) is 0 Å². The second kappa shape index (κ2) is 8.02. The highest BCUT2D eigenvalue weighted by atomic mass is 15.2. The Hall–Kier alpha value is -4.24. The molecule has 4 bridgehead atoms. The van der Waals surface area contributed by atoms with Crippen LogP contribution in [0.2, 0.25) is 0 Å². The Morgan fingerprint density at radius 3 is 1.33 bits per heavy atom. The molecule has 3 aliphatic heterocycles. The van der Waals surface area contributed by atoms with Gasteiger partial charge in [0, 0.05) is 39.5 Å². The standard InChI is InChI=1S/C40H33BN2/c1-3-10-29(11-4-1)42-33-16-7-14-31-37(33)41-38-32(40(31)27-21-25-20-26(23-27)24-28(40)22-25)15-8-17-34(38)43(30-12-5-2-6-13-30)36-19-9-18-35(42)39(36)41/h1-19,25-28H,20-24H2. The van der Waals surface area contributed by atoms with Crippen molar-refractivity contribution in [2.75, 3.05) is 9.80 Å². The molecule has 5 aromatic carbocycles. The largest absolute Gasteiger partial charge is 0.311 e. The number of para-hydroxylation sites is 2. The molecule has 4 fully saturated rings.